The molecular formula is C11H16N2OS2. The van der Waals surface area contributed by atoms with Crippen molar-refractivity contribution < 1.29 is 4.79 Å². The van der Waals surface area contributed by atoms with Gasteiger partial charge in [0.05, 0.1) is 9.87 Å². The van der Waals surface area contributed by atoms with Crippen LogP contribution in [0.3, 0.4) is 0 Å². The molecule has 1 aromatic heterocycles. The number of carbonyl (C=O) groups excluding carboxylic acids is 1. The monoisotopic (exact) mass is 256 g/mol. The Labute approximate surface area is 105 Å². The number of rotatable bonds is 4. The molecule has 0 fully saturated rings. The maximum absolute atomic E-state index is 11.8. The van der Waals surface area contributed by atoms with Gasteiger partial charge in [-0.05, 0) is 23.9 Å². The average Bonchev–Trinajstić information content (AvgIpc) is 2.61. The van der Waals surface area contributed by atoms with Crippen molar-refractivity contribution in [1.82, 2.24) is 5.32 Å². The number of thiophene rings is 1. The molecule has 3 N–H and O–H groups in total. The SMILES string of the molecule is Cc1ccsc1C(=O)NCC(C)(C)C(N)=S. The van der Waals surface area contributed by atoms with Gasteiger partial charge in [-0.2, -0.15) is 0 Å². The van der Waals surface area contributed by atoms with Crippen molar-refractivity contribution in [3.05, 3.63) is 21.9 Å². The van der Waals surface area contributed by atoms with Gasteiger partial charge >= 0.3 is 0 Å². The van der Waals surface area contributed by atoms with Crippen LogP contribution in [0.25, 0.3) is 0 Å². The van der Waals surface area contributed by atoms with Gasteiger partial charge in [0.2, 0.25) is 0 Å². The van der Waals surface area contributed by atoms with E-state index in [2.05, 4.69) is 5.32 Å². The Balaban J connectivity index is 2.61. The first-order valence-electron chi connectivity index (χ1n) is 4.97. The molecule has 0 saturated heterocycles. The molecule has 0 aromatic carbocycles. The summed E-state index contributed by atoms with van der Waals surface area (Å²) in [6.07, 6.45) is 0. The molecule has 1 aromatic rings. The summed E-state index contributed by atoms with van der Waals surface area (Å²) in [6, 6.07) is 1.93. The highest BCUT2D eigenvalue weighted by Gasteiger charge is 2.22. The molecule has 0 aliphatic heterocycles. The van der Waals surface area contributed by atoms with E-state index in [-0.39, 0.29) is 11.3 Å². The van der Waals surface area contributed by atoms with Crippen molar-refractivity contribution in [2.75, 3.05) is 6.54 Å². The van der Waals surface area contributed by atoms with Crippen LogP contribution >= 0.6 is 23.6 Å². The van der Waals surface area contributed by atoms with Crippen LogP contribution in [-0.2, 0) is 0 Å². The zero-order valence-corrected chi connectivity index (χ0v) is 11.3. The van der Waals surface area contributed by atoms with Crippen molar-refractivity contribution in [1.29, 1.82) is 0 Å². The predicted molar refractivity (Wildman–Crippen MR) is 72.0 cm³/mol. The van der Waals surface area contributed by atoms with Gasteiger partial charge in [0, 0.05) is 12.0 Å². The van der Waals surface area contributed by atoms with Crippen molar-refractivity contribution >= 4 is 34.5 Å². The van der Waals surface area contributed by atoms with E-state index in [0.717, 1.165) is 10.4 Å². The Morgan fingerprint density at radius 2 is 2.25 bits per heavy atom. The molecule has 0 atom stereocenters. The third-order valence-corrected chi connectivity index (χ3v) is 3.99. The van der Waals surface area contributed by atoms with Gasteiger partial charge in [-0.1, -0.05) is 26.1 Å². The smallest absolute Gasteiger partial charge is 0.261 e. The van der Waals surface area contributed by atoms with E-state index in [1.54, 1.807) is 0 Å². The first-order chi connectivity index (χ1) is 7.34. The molecule has 1 heterocycles. The Hall–Kier alpha value is -0.940. The summed E-state index contributed by atoms with van der Waals surface area (Å²) >= 11 is 6.38. The Morgan fingerprint density at radius 3 is 2.69 bits per heavy atom. The number of hydrogen-bond donors (Lipinski definition) is 2. The maximum atomic E-state index is 11.8. The van der Waals surface area contributed by atoms with E-state index < -0.39 is 0 Å². The average molecular weight is 256 g/mol. The minimum Gasteiger partial charge on any atom is -0.393 e. The molecule has 5 heteroatoms. The second kappa shape index (κ2) is 4.93. The van der Waals surface area contributed by atoms with Crippen LogP contribution in [0.2, 0.25) is 0 Å². The molecule has 0 radical (unpaired) electrons. The lowest BCUT2D eigenvalue weighted by atomic mass is 9.93. The van der Waals surface area contributed by atoms with Crippen LogP contribution < -0.4 is 11.1 Å². The van der Waals surface area contributed by atoms with Crippen molar-refractivity contribution in [2.45, 2.75) is 20.8 Å². The number of thiocarbonyl (C=S) groups is 1. The third-order valence-electron chi connectivity index (χ3n) is 2.43. The predicted octanol–water partition coefficient (Wildman–Crippen LogP) is 2.10. The van der Waals surface area contributed by atoms with Gasteiger partial charge in [0.25, 0.3) is 5.91 Å². The summed E-state index contributed by atoms with van der Waals surface area (Å²) in [7, 11) is 0. The van der Waals surface area contributed by atoms with Gasteiger partial charge in [0.15, 0.2) is 0 Å². The lowest BCUT2D eigenvalue weighted by Crippen LogP contribution is -2.41. The normalized spacial score (nSPS) is 11.2. The summed E-state index contributed by atoms with van der Waals surface area (Å²) in [4.78, 5) is 13.0. The third kappa shape index (κ3) is 3.02. The summed E-state index contributed by atoms with van der Waals surface area (Å²) in [5, 5.41) is 4.76. The van der Waals surface area contributed by atoms with E-state index in [1.807, 2.05) is 32.2 Å². The quantitative estimate of drug-likeness (QED) is 0.811. The molecule has 0 unspecified atom stereocenters. The Kier molecular flexibility index (Phi) is 4.04. The van der Waals surface area contributed by atoms with Gasteiger partial charge < -0.3 is 11.1 Å². The van der Waals surface area contributed by atoms with E-state index >= 15 is 0 Å². The highest BCUT2D eigenvalue weighted by atomic mass is 32.1. The van der Waals surface area contributed by atoms with Gasteiger partial charge in [-0.3, -0.25) is 4.79 Å². The molecule has 3 nitrogen and oxygen atoms in total. The molecular weight excluding hydrogens is 240 g/mol. The molecule has 88 valence electrons. The van der Waals surface area contributed by atoms with Crippen LogP contribution in [0.1, 0.15) is 29.1 Å². The number of nitrogens with two attached hydrogens (primary N) is 1. The van der Waals surface area contributed by atoms with E-state index in [0.29, 0.717) is 11.5 Å². The van der Waals surface area contributed by atoms with Crippen molar-refractivity contribution in [2.24, 2.45) is 11.1 Å². The zero-order chi connectivity index (χ0) is 12.3. The van der Waals surface area contributed by atoms with Gasteiger partial charge in [-0.15, -0.1) is 11.3 Å². The molecule has 0 saturated carbocycles. The summed E-state index contributed by atoms with van der Waals surface area (Å²) < 4.78 is 0. The van der Waals surface area contributed by atoms with Gasteiger partial charge in [-0.25, -0.2) is 0 Å². The first kappa shape index (κ1) is 13.1. The lowest BCUT2D eigenvalue weighted by molar-refractivity contribution is 0.0948. The van der Waals surface area contributed by atoms with Gasteiger partial charge in [0.1, 0.15) is 0 Å². The zero-order valence-electron chi connectivity index (χ0n) is 9.66. The second-order valence-electron chi connectivity index (χ2n) is 4.36. The topological polar surface area (TPSA) is 55.1 Å². The minimum absolute atomic E-state index is 0.0585. The number of carbonyl (C=O) groups is 1. The fraction of sp³-hybridized carbons (Fsp3) is 0.455. The van der Waals surface area contributed by atoms with E-state index in [1.165, 1.54) is 11.3 Å². The highest BCUT2D eigenvalue weighted by Crippen LogP contribution is 2.17. The summed E-state index contributed by atoms with van der Waals surface area (Å²) in [6.45, 7) is 6.20. The fourth-order valence-electron chi connectivity index (χ4n) is 1.07. The number of aryl methyl sites for hydroxylation is 1. The Morgan fingerprint density at radius 1 is 1.62 bits per heavy atom. The molecule has 0 aliphatic carbocycles. The maximum Gasteiger partial charge on any atom is 0.261 e. The van der Waals surface area contributed by atoms with Crippen LogP contribution in [0, 0.1) is 12.3 Å². The van der Waals surface area contributed by atoms with Crippen LogP contribution in [-0.4, -0.2) is 17.4 Å². The van der Waals surface area contributed by atoms with Crippen LogP contribution in [0.5, 0.6) is 0 Å². The molecule has 16 heavy (non-hydrogen) atoms. The van der Waals surface area contributed by atoms with Crippen molar-refractivity contribution in [3.63, 3.8) is 0 Å². The van der Waals surface area contributed by atoms with Crippen LogP contribution in [0.15, 0.2) is 11.4 Å². The Bertz CT molecular complexity index is 410. The first-order valence-corrected chi connectivity index (χ1v) is 6.25. The summed E-state index contributed by atoms with van der Waals surface area (Å²) in [5.74, 6) is -0.0585. The van der Waals surface area contributed by atoms with Crippen molar-refractivity contribution in [3.8, 4) is 0 Å². The largest absolute Gasteiger partial charge is 0.393 e. The minimum atomic E-state index is -0.351. The lowest BCUT2D eigenvalue weighted by Gasteiger charge is -2.23. The molecule has 0 bridgehead atoms. The molecule has 0 spiro atoms. The second-order valence-corrected chi connectivity index (χ2v) is 5.72. The van der Waals surface area contributed by atoms with E-state index in [4.69, 9.17) is 18.0 Å². The highest BCUT2D eigenvalue weighted by molar-refractivity contribution is 7.80. The van der Waals surface area contributed by atoms with E-state index in [9.17, 15) is 4.79 Å². The molecule has 0 aliphatic rings. The number of amides is 1. The summed E-state index contributed by atoms with van der Waals surface area (Å²) in [5.41, 5.74) is 6.23. The fourth-order valence-corrected chi connectivity index (χ4v) is 1.99. The van der Waals surface area contributed by atoms with Crippen LogP contribution in [0.4, 0.5) is 0 Å². The number of hydrogen-bond acceptors (Lipinski definition) is 3. The standard InChI is InChI=1S/C11H16N2OS2/c1-7-4-5-16-8(7)9(14)13-6-11(2,3)10(12)15/h4-5H,6H2,1-3H3,(H2,12,15)(H,13,14). The molecule has 1 amide bonds. The molecule has 1 rings (SSSR count). The number of nitrogens with one attached hydrogen (secondary N) is 1.